The van der Waals surface area contributed by atoms with E-state index in [1.807, 2.05) is 0 Å². The zero-order valence-electron chi connectivity index (χ0n) is 9.03. The van der Waals surface area contributed by atoms with E-state index in [2.05, 4.69) is 6.92 Å². The maximum atomic E-state index is 12.1. The van der Waals surface area contributed by atoms with Gasteiger partial charge in [-0.25, -0.2) is 0 Å². The fourth-order valence-corrected chi connectivity index (χ4v) is 2.45. The monoisotopic (exact) mass is 207 g/mol. The Morgan fingerprint density at radius 3 is 3.07 bits per heavy atom. The molecule has 2 N–H and O–H groups in total. The molecule has 1 aromatic heterocycles. The number of rotatable bonds is 2. The van der Waals surface area contributed by atoms with E-state index in [9.17, 15) is 4.79 Å². The second kappa shape index (κ2) is 3.81. The highest BCUT2D eigenvalue weighted by molar-refractivity contribution is 6.00. The zero-order valence-corrected chi connectivity index (χ0v) is 9.03. The Bertz CT molecular complexity index is 345. The second-order valence-corrected chi connectivity index (χ2v) is 4.66. The molecule has 2 atom stereocenters. The van der Waals surface area contributed by atoms with E-state index in [4.69, 9.17) is 10.2 Å². The van der Waals surface area contributed by atoms with E-state index in [1.54, 1.807) is 12.1 Å². The lowest BCUT2D eigenvalue weighted by Gasteiger charge is -2.34. The molecule has 82 valence electrons. The van der Waals surface area contributed by atoms with E-state index in [-0.39, 0.29) is 5.78 Å². The normalized spacial score (nSPS) is 31.5. The van der Waals surface area contributed by atoms with Gasteiger partial charge in [0.2, 0.25) is 5.78 Å². The van der Waals surface area contributed by atoms with Crippen LogP contribution in [0.5, 0.6) is 0 Å². The van der Waals surface area contributed by atoms with Crippen LogP contribution >= 0.6 is 0 Å². The summed E-state index contributed by atoms with van der Waals surface area (Å²) in [7, 11) is 0. The molecule has 3 nitrogen and oxygen atoms in total. The summed E-state index contributed by atoms with van der Waals surface area (Å²) in [6, 6.07) is 3.42. The largest absolute Gasteiger partial charge is 0.461 e. The molecule has 1 aromatic rings. The third-order valence-corrected chi connectivity index (χ3v) is 3.23. The van der Waals surface area contributed by atoms with Crippen molar-refractivity contribution in [3.05, 3.63) is 24.2 Å². The van der Waals surface area contributed by atoms with Gasteiger partial charge in [-0.3, -0.25) is 4.79 Å². The predicted molar refractivity (Wildman–Crippen MR) is 57.6 cm³/mol. The molecule has 1 fully saturated rings. The van der Waals surface area contributed by atoms with E-state index < -0.39 is 5.54 Å². The summed E-state index contributed by atoms with van der Waals surface area (Å²) in [6.45, 7) is 2.15. The Morgan fingerprint density at radius 1 is 1.67 bits per heavy atom. The molecule has 1 aliphatic rings. The maximum absolute atomic E-state index is 12.1. The molecule has 0 aromatic carbocycles. The Morgan fingerprint density at radius 2 is 2.47 bits per heavy atom. The van der Waals surface area contributed by atoms with Gasteiger partial charge in [0.15, 0.2) is 5.76 Å². The Kier molecular flexibility index (Phi) is 2.65. The Labute approximate surface area is 89.6 Å². The van der Waals surface area contributed by atoms with Crippen LogP contribution in [0.15, 0.2) is 22.8 Å². The van der Waals surface area contributed by atoms with Crippen molar-refractivity contribution in [2.24, 2.45) is 11.7 Å². The second-order valence-electron chi connectivity index (χ2n) is 4.66. The SMILES string of the molecule is CC1CCCC(N)(C(=O)c2ccco2)C1. The highest BCUT2D eigenvalue weighted by atomic mass is 16.3. The predicted octanol–water partition coefficient (Wildman–Crippen LogP) is 2.37. The van der Waals surface area contributed by atoms with Crippen LogP contribution in [0.3, 0.4) is 0 Å². The van der Waals surface area contributed by atoms with Crippen molar-refractivity contribution >= 4 is 5.78 Å². The molecule has 1 saturated carbocycles. The van der Waals surface area contributed by atoms with Gasteiger partial charge in [-0.05, 0) is 30.9 Å². The topological polar surface area (TPSA) is 56.2 Å². The highest BCUT2D eigenvalue weighted by Gasteiger charge is 2.39. The van der Waals surface area contributed by atoms with Gasteiger partial charge in [0.1, 0.15) is 0 Å². The van der Waals surface area contributed by atoms with Gasteiger partial charge in [0.25, 0.3) is 0 Å². The van der Waals surface area contributed by atoms with Crippen LogP contribution in [0, 0.1) is 5.92 Å². The molecule has 0 saturated heterocycles. The minimum absolute atomic E-state index is 0.0425. The van der Waals surface area contributed by atoms with Gasteiger partial charge in [-0.2, -0.15) is 0 Å². The Hall–Kier alpha value is -1.09. The molecule has 0 amide bonds. The number of nitrogens with two attached hydrogens (primary N) is 1. The highest BCUT2D eigenvalue weighted by Crippen LogP contribution is 2.32. The van der Waals surface area contributed by atoms with Crippen LogP contribution in [0.25, 0.3) is 0 Å². The number of hydrogen-bond donors (Lipinski definition) is 1. The summed E-state index contributed by atoms with van der Waals surface area (Å²) >= 11 is 0. The van der Waals surface area contributed by atoms with Crippen molar-refractivity contribution in [3.8, 4) is 0 Å². The van der Waals surface area contributed by atoms with Crippen LogP contribution in [0.2, 0.25) is 0 Å². The molecule has 3 heteroatoms. The Balaban J connectivity index is 2.18. The van der Waals surface area contributed by atoms with E-state index >= 15 is 0 Å². The zero-order chi connectivity index (χ0) is 10.9. The van der Waals surface area contributed by atoms with Crippen LogP contribution in [-0.2, 0) is 0 Å². The lowest BCUT2D eigenvalue weighted by molar-refractivity contribution is 0.0790. The van der Waals surface area contributed by atoms with E-state index in [0.717, 1.165) is 19.3 Å². The molecule has 15 heavy (non-hydrogen) atoms. The minimum Gasteiger partial charge on any atom is -0.461 e. The first-order valence-electron chi connectivity index (χ1n) is 5.49. The average molecular weight is 207 g/mol. The summed E-state index contributed by atoms with van der Waals surface area (Å²) in [6.07, 6.45) is 5.26. The molecule has 0 bridgehead atoms. The van der Waals surface area contributed by atoms with Crippen molar-refractivity contribution in [1.82, 2.24) is 0 Å². The van der Waals surface area contributed by atoms with Crippen molar-refractivity contribution < 1.29 is 9.21 Å². The van der Waals surface area contributed by atoms with Gasteiger partial charge >= 0.3 is 0 Å². The molecular formula is C12H17NO2. The number of carbonyl (C=O) groups excluding carboxylic acids is 1. The van der Waals surface area contributed by atoms with Gasteiger partial charge in [0.05, 0.1) is 11.8 Å². The minimum atomic E-state index is -0.699. The molecule has 0 radical (unpaired) electrons. The smallest absolute Gasteiger partial charge is 0.217 e. The molecular weight excluding hydrogens is 190 g/mol. The number of ketones is 1. The molecule has 1 aliphatic carbocycles. The molecule has 2 rings (SSSR count). The number of furan rings is 1. The van der Waals surface area contributed by atoms with Crippen molar-refractivity contribution in [3.63, 3.8) is 0 Å². The lowest BCUT2D eigenvalue weighted by atomic mass is 9.74. The summed E-state index contributed by atoms with van der Waals surface area (Å²) in [5.74, 6) is 0.883. The first kappa shape index (κ1) is 10.4. The third-order valence-electron chi connectivity index (χ3n) is 3.23. The number of hydrogen-bond acceptors (Lipinski definition) is 3. The van der Waals surface area contributed by atoms with E-state index in [1.165, 1.54) is 12.7 Å². The molecule has 0 spiro atoms. The van der Waals surface area contributed by atoms with Gasteiger partial charge in [-0.1, -0.05) is 19.8 Å². The standard InChI is InChI=1S/C12H17NO2/c1-9-4-2-6-12(13,8-9)11(14)10-5-3-7-15-10/h3,5,7,9H,2,4,6,8,13H2,1H3. The summed E-state index contributed by atoms with van der Waals surface area (Å²) in [4.78, 5) is 12.1. The first-order valence-corrected chi connectivity index (χ1v) is 5.49. The quantitative estimate of drug-likeness (QED) is 0.757. The summed E-state index contributed by atoms with van der Waals surface area (Å²) in [5.41, 5.74) is 5.48. The van der Waals surface area contributed by atoms with Crippen LogP contribution in [-0.4, -0.2) is 11.3 Å². The number of carbonyl (C=O) groups is 1. The lowest BCUT2D eigenvalue weighted by Crippen LogP contribution is -2.50. The first-order chi connectivity index (χ1) is 7.12. The fourth-order valence-electron chi connectivity index (χ4n) is 2.45. The molecule has 0 aliphatic heterocycles. The summed E-state index contributed by atoms with van der Waals surface area (Å²) in [5, 5.41) is 0. The van der Waals surface area contributed by atoms with Gasteiger partial charge in [-0.15, -0.1) is 0 Å². The van der Waals surface area contributed by atoms with Crippen LogP contribution in [0.1, 0.15) is 43.2 Å². The number of Topliss-reactive ketones (excluding diaryl/α,β-unsaturated/α-hetero) is 1. The van der Waals surface area contributed by atoms with E-state index in [0.29, 0.717) is 11.7 Å². The van der Waals surface area contributed by atoms with Crippen molar-refractivity contribution in [2.75, 3.05) is 0 Å². The van der Waals surface area contributed by atoms with Crippen LogP contribution in [0.4, 0.5) is 0 Å². The van der Waals surface area contributed by atoms with Crippen LogP contribution < -0.4 is 5.73 Å². The third kappa shape index (κ3) is 1.97. The maximum Gasteiger partial charge on any atom is 0.217 e. The molecule has 2 unspecified atom stereocenters. The van der Waals surface area contributed by atoms with Gasteiger partial charge in [0, 0.05) is 0 Å². The summed E-state index contributed by atoms with van der Waals surface area (Å²) < 4.78 is 5.12. The fraction of sp³-hybridized carbons (Fsp3) is 0.583. The van der Waals surface area contributed by atoms with Crippen molar-refractivity contribution in [1.29, 1.82) is 0 Å². The van der Waals surface area contributed by atoms with Gasteiger partial charge < -0.3 is 10.2 Å². The van der Waals surface area contributed by atoms with Crippen molar-refractivity contribution in [2.45, 2.75) is 38.1 Å². The average Bonchev–Trinajstić information content (AvgIpc) is 2.68. The molecule has 1 heterocycles.